The lowest BCUT2D eigenvalue weighted by molar-refractivity contribution is 0.172. The Balaban J connectivity index is 2.31. The Bertz CT molecular complexity index is 374. The van der Waals surface area contributed by atoms with Crippen LogP contribution in [0.4, 0.5) is 4.39 Å². The van der Waals surface area contributed by atoms with Gasteiger partial charge in [0.1, 0.15) is 5.82 Å². The molecule has 2 N–H and O–H groups in total. The second-order valence-corrected chi connectivity index (χ2v) is 4.89. The first-order valence-electron chi connectivity index (χ1n) is 6.41. The summed E-state index contributed by atoms with van der Waals surface area (Å²) in [6, 6.07) is 7.51. The van der Waals surface area contributed by atoms with E-state index < -0.39 is 0 Å². The molecule has 94 valence electrons. The average Bonchev–Trinajstić information content (AvgIpc) is 3.10. The highest BCUT2D eigenvalue weighted by Crippen LogP contribution is 2.36. The van der Waals surface area contributed by atoms with Crippen LogP contribution in [0.5, 0.6) is 0 Å². The van der Waals surface area contributed by atoms with Crippen LogP contribution in [0.3, 0.4) is 0 Å². The molecule has 2 rings (SSSR count). The van der Waals surface area contributed by atoms with Crippen molar-refractivity contribution in [1.29, 1.82) is 0 Å². The Labute approximate surface area is 103 Å². The molecule has 1 aromatic rings. The van der Waals surface area contributed by atoms with Gasteiger partial charge >= 0.3 is 0 Å². The Morgan fingerprint density at radius 2 is 2.06 bits per heavy atom. The molecular weight excluding hydrogens is 215 g/mol. The van der Waals surface area contributed by atoms with Gasteiger partial charge in [-0.1, -0.05) is 25.1 Å². The zero-order valence-corrected chi connectivity index (χ0v) is 10.6. The summed E-state index contributed by atoms with van der Waals surface area (Å²) in [5, 5.41) is 0. The minimum atomic E-state index is -0.145. The molecule has 0 heterocycles. The fraction of sp³-hybridized carbons (Fsp3) is 0.571. The molecule has 1 aliphatic carbocycles. The highest BCUT2D eigenvalue weighted by atomic mass is 19.1. The summed E-state index contributed by atoms with van der Waals surface area (Å²) in [5.74, 6) is -0.145. The Morgan fingerprint density at radius 1 is 1.41 bits per heavy atom. The standard InChI is InChI=1S/C14H21FN2/c1-3-17(11-8-9-11)14(10(2)16)12-6-4-5-7-13(12)15/h4-7,10-11,14H,3,8-9,16H2,1-2H3. The maximum atomic E-state index is 13.9. The highest BCUT2D eigenvalue weighted by molar-refractivity contribution is 5.23. The molecule has 3 heteroatoms. The Hall–Kier alpha value is -0.930. The first-order chi connectivity index (χ1) is 8.15. The van der Waals surface area contributed by atoms with Crippen molar-refractivity contribution in [3.8, 4) is 0 Å². The lowest BCUT2D eigenvalue weighted by atomic mass is 9.98. The molecule has 1 aromatic carbocycles. The predicted octanol–water partition coefficient (Wildman–Crippen LogP) is 2.70. The van der Waals surface area contributed by atoms with E-state index in [9.17, 15) is 4.39 Å². The van der Waals surface area contributed by atoms with Gasteiger partial charge in [-0.25, -0.2) is 4.39 Å². The molecular formula is C14H21FN2. The van der Waals surface area contributed by atoms with Gasteiger partial charge < -0.3 is 5.73 Å². The van der Waals surface area contributed by atoms with Gasteiger partial charge in [-0.15, -0.1) is 0 Å². The van der Waals surface area contributed by atoms with Crippen molar-refractivity contribution in [3.63, 3.8) is 0 Å². The van der Waals surface area contributed by atoms with Crippen LogP contribution in [-0.2, 0) is 0 Å². The van der Waals surface area contributed by atoms with Crippen molar-refractivity contribution < 1.29 is 4.39 Å². The molecule has 1 aliphatic rings. The molecule has 0 spiro atoms. The van der Waals surface area contributed by atoms with Gasteiger partial charge in [0.05, 0.1) is 6.04 Å². The van der Waals surface area contributed by atoms with Crippen molar-refractivity contribution in [2.45, 2.75) is 44.8 Å². The summed E-state index contributed by atoms with van der Waals surface area (Å²) in [7, 11) is 0. The fourth-order valence-corrected chi connectivity index (χ4v) is 2.57. The molecule has 0 radical (unpaired) electrons. The van der Waals surface area contributed by atoms with E-state index in [4.69, 9.17) is 5.73 Å². The number of hydrogen-bond donors (Lipinski definition) is 1. The number of hydrogen-bond acceptors (Lipinski definition) is 2. The zero-order valence-electron chi connectivity index (χ0n) is 10.6. The van der Waals surface area contributed by atoms with Gasteiger partial charge in [0.15, 0.2) is 0 Å². The number of halogens is 1. The quantitative estimate of drug-likeness (QED) is 0.851. The first-order valence-corrected chi connectivity index (χ1v) is 6.41. The summed E-state index contributed by atoms with van der Waals surface area (Å²) < 4.78 is 13.9. The van der Waals surface area contributed by atoms with E-state index in [1.807, 2.05) is 19.1 Å². The summed E-state index contributed by atoms with van der Waals surface area (Å²) in [6.07, 6.45) is 2.43. The van der Waals surface area contributed by atoms with Crippen LogP contribution in [0, 0.1) is 5.82 Å². The van der Waals surface area contributed by atoms with Crippen molar-refractivity contribution in [1.82, 2.24) is 4.90 Å². The highest BCUT2D eigenvalue weighted by Gasteiger charge is 2.36. The third-order valence-electron chi connectivity index (χ3n) is 3.46. The second-order valence-electron chi connectivity index (χ2n) is 4.89. The normalized spacial score (nSPS) is 19.4. The first kappa shape index (κ1) is 12.5. The molecule has 2 atom stereocenters. The zero-order chi connectivity index (χ0) is 12.4. The van der Waals surface area contributed by atoms with Crippen LogP contribution in [0.15, 0.2) is 24.3 Å². The van der Waals surface area contributed by atoms with E-state index in [1.54, 1.807) is 6.07 Å². The van der Waals surface area contributed by atoms with Crippen LogP contribution in [0.2, 0.25) is 0 Å². The second kappa shape index (κ2) is 5.15. The van der Waals surface area contributed by atoms with Gasteiger partial charge in [0.25, 0.3) is 0 Å². The molecule has 17 heavy (non-hydrogen) atoms. The van der Waals surface area contributed by atoms with Crippen LogP contribution in [0.25, 0.3) is 0 Å². The van der Waals surface area contributed by atoms with E-state index in [-0.39, 0.29) is 17.9 Å². The third-order valence-corrected chi connectivity index (χ3v) is 3.46. The molecule has 1 saturated carbocycles. The van der Waals surface area contributed by atoms with Crippen LogP contribution >= 0.6 is 0 Å². The SMILES string of the molecule is CCN(C1CC1)C(c1ccccc1F)C(C)N. The lowest BCUT2D eigenvalue weighted by Gasteiger charge is -2.34. The lowest BCUT2D eigenvalue weighted by Crippen LogP contribution is -2.41. The summed E-state index contributed by atoms with van der Waals surface area (Å²) in [4.78, 5) is 2.34. The van der Waals surface area contributed by atoms with Gasteiger partial charge in [0.2, 0.25) is 0 Å². The average molecular weight is 236 g/mol. The fourth-order valence-electron chi connectivity index (χ4n) is 2.57. The molecule has 2 nitrogen and oxygen atoms in total. The van der Waals surface area contributed by atoms with Crippen molar-refractivity contribution in [2.24, 2.45) is 5.73 Å². The Kier molecular flexibility index (Phi) is 3.79. The van der Waals surface area contributed by atoms with E-state index in [0.717, 1.165) is 12.1 Å². The van der Waals surface area contributed by atoms with Crippen molar-refractivity contribution in [2.75, 3.05) is 6.54 Å². The van der Waals surface area contributed by atoms with Gasteiger partial charge in [-0.05, 0) is 32.4 Å². The van der Waals surface area contributed by atoms with Crippen molar-refractivity contribution in [3.05, 3.63) is 35.6 Å². The summed E-state index contributed by atoms with van der Waals surface area (Å²) >= 11 is 0. The van der Waals surface area contributed by atoms with E-state index in [0.29, 0.717) is 6.04 Å². The van der Waals surface area contributed by atoms with Crippen LogP contribution in [0.1, 0.15) is 38.3 Å². The molecule has 2 unspecified atom stereocenters. The summed E-state index contributed by atoms with van der Waals surface area (Å²) in [5.41, 5.74) is 6.80. The minimum absolute atomic E-state index is 0.00583. The van der Waals surface area contributed by atoms with E-state index in [1.165, 1.54) is 18.9 Å². The number of rotatable bonds is 5. The van der Waals surface area contributed by atoms with Crippen LogP contribution < -0.4 is 5.73 Å². The van der Waals surface area contributed by atoms with Gasteiger partial charge in [0, 0.05) is 17.6 Å². The molecule has 0 aromatic heterocycles. The number of nitrogens with zero attached hydrogens (tertiary/aromatic N) is 1. The smallest absolute Gasteiger partial charge is 0.128 e. The minimum Gasteiger partial charge on any atom is -0.326 e. The monoisotopic (exact) mass is 236 g/mol. The topological polar surface area (TPSA) is 29.3 Å². The molecule has 0 bridgehead atoms. The number of likely N-dealkylation sites (N-methyl/N-ethyl adjacent to an activating group) is 1. The maximum absolute atomic E-state index is 13.9. The van der Waals surface area contributed by atoms with E-state index >= 15 is 0 Å². The summed E-state index contributed by atoms with van der Waals surface area (Å²) in [6.45, 7) is 5.00. The van der Waals surface area contributed by atoms with E-state index in [2.05, 4.69) is 11.8 Å². The third kappa shape index (κ3) is 2.67. The molecule has 0 aliphatic heterocycles. The van der Waals surface area contributed by atoms with Crippen LogP contribution in [-0.4, -0.2) is 23.5 Å². The predicted molar refractivity (Wildman–Crippen MR) is 68.2 cm³/mol. The molecule has 0 saturated heterocycles. The van der Waals surface area contributed by atoms with Gasteiger partial charge in [-0.2, -0.15) is 0 Å². The molecule has 1 fully saturated rings. The molecule has 0 amide bonds. The van der Waals surface area contributed by atoms with Crippen molar-refractivity contribution >= 4 is 0 Å². The number of benzene rings is 1. The Morgan fingerprint density at radius 3 is 2.53 bits per heavy atom. The largest absolute Gasteiger partial charge is 0.326 e. The number of nitrogens with two attached hydrogens (primary N) is 1. The maximum Gasteiger partial charge on any atom is 0.128 e. The van der Waals surface area contributed by atoms with Gasteiger partial charge in [-0.3, -0.25) is 4.90 Å².